The highest BCUT2D eigenvalue weighted by atomic mass is 19.1. The number of alkyl halides is 1. The molecule has 0 amide bonds. The number of hydrogen-bond acceptors (Lipinski definition) is 1. The van der Waals surface area contributed by atoms with E-state index in [-0.39, 0.29) is 0 Å². The molecule has 0 radical (unpaired) electrons. The van der Waals surface area contributed by atoms with Crippen LogP contribution in [0.15, 0.2) is 73.5 Å². The van der Waals surface area contributed by atoms with Crippen molar-refractivity contribution in [1.82, 2.24) is 4.98 Å². The van der Waals surface area contributed by atoms with Gasteiger partial charge in [0.15, 0.2) is 0 Å². The summed E-state index contributed by atoms with van der Waals surface area (Å²) in [7, 11) is 0. The predicted molar refractivity (Wildman–Crippen MR) is 115 cm³/mol. The Morgan fingerprint density at radius 3 is 2.63 bits per heavy atom. The molecular formula is C25H26FN. The van der Waals surface area contributed by atoms with Crippen LogP contribution >= 0.6 is 0 Å². The number of allylic oxidation sites excluding steroid dienone is 2. The standard InChI is InChI=1S/C25H26FN/c1-3-7-20-10-12-23-17-24(14-13-22(23)16-20)25-15-11-21(18-27-25)9-6-4-5-8-19(2)26/h3,6,9-19H,1,4-5,7-8H2,2H3. The van der Waals surface area contributed by atoms with E-state index in [1.807, 2.05) is 12.3 Å². The first-order chi connectivity index (χ1) is 13.2. The summed E-state index contributed by atoms with van der Waals surface area (Å²) in [4.78, 5) is 4.61. The summed E-state index contributed by atoms with van der Waals surface area (Å²) in [6.07, 6.45) is 10.5. The minimum absolute atomic E-state index is 0.624. The molecule has 2 heteroatoms. The molecule has 2 aromatic carbocycles. The van der Waals surface area contributed by atoms with Crippen LogP contribution < -0.4 is 0 Å². The Kier molecular flexibility index (Phi) is 6.54. The van der Waals surface area contributed by atoms with Crippen molar-refractivity contribution in [2.24, 2.45) is 0 Å². The summed E-state index contributed by atoms with van der Waals surface area (Å²) in [6.45, 7) is 5.41. The van der Waals surface area contributed by atoms with Gasteiger partial charge in [-0.05, 0) is 66.6 Å². The lowest BCUT2D eigenvalue weighted by Crippen LogP contribution is -1.90. The van der Waals surface area contributed by atoms with Gasteiger partial charge in [-0.15, -0.1) is 6.58 Å². The highest BCUT2D eigenvalue weighted by Crippen LogP contribution is 2.24. The van der Waals surface area contributed by atoms with Crippen LogP contribution in [0.5, 0.6) is 0 Å². The molecule has 3 rings (SSSR count). The summed E-state index contributed by atoms with van der Waals surface area (Å²) in [5.41, 5.74) is 4.43. The Balaban J connectivity index is 1.70. The fourth-order valence-electron chi connectivity index (χ4n) is 3.16. The third kappa shape index (κ3) is 5.37. The summed E-state index contributed by atoms with van der Waals surface area (Å²) in [5, 5.41) is 2.45. The van der Waals surface area contributed by atoms with Crippen molar-refractivity contribution < 1.29 is 4.39 Å². The number of halogens is 1. The molecule has 0 bridgehead atoms. The Hall–Kier alpha value is -2.74. The zero-order chi connectivity index (χ0) is 19.1. The van der Waals surface area contributed by atoms with E-state index >= 15 is 0 Å². The molecule has 138 valence electrons. The van der Waals surface area contributed by atoms with Crippen LogP contribution in [0.2, 0.25) is 0 Å². The van der Waals surface area contributed by atoms with Gasteiger partial charge in [0.2, 0.25) is 0 Å². The van der Waals surface area contributed by atoms with E-state index in [1.165, 1.54) is 16.3 Å². The van der Waals surface area contributed by atoms with Gasteiger partial charge < -0.3 is 0 Å². The number of hydrogen-bond donors (Lipinski definition) is 0. The molecule has 1 atom stereocenters. The third-order valence-corrected chi connectivity index (χ3v) is 4.65. The maximum absolute atomic E-state index is 12.8. The van der Waals surface area contributed by atoms with Gasteiger partial charge in [-0.3, -0.25) is 4.98 Å². The van der Waals surface area contributed by atoms with Gasteiger partial charge in [0.1, 0.15) is 0 Å². The second kappa shape index (κ2) is 9.27. The van der Waals surface area contributed by atoms with Gasteiger partial charge in [-0.25, -0.2) is 4.39 Å². The van der Waals surface area contributed by atoms with Crippen LogP contribution in [0.4, 0.5) is 4.39 Å². The van der Waals surface area contributed by atoms with Crippen LogP contribution in [0, 0.1) is 0 Å². The maximum atomic E-state index is 12.8. The molecule has 0 N–H and O–H groups in total. The van der Waals surface area contributed by atoms with Crippen molar-refractivity contribution in [2.45, 2.75) is 38.8 Å². The minimum atomic E-state index is -0.713. The molecular weight excluding hydrogens is 333 g/mol. The van der Waals surface area contributed by atoms with E-state index in [0.717, 1.165) is 36.1 Å². The van der Waals surface area contributed by atoms with Gasteiger partial charge in [-0.2, -0.15) is 0 Å². The first kappa shape index (κ1) is 19.0. The molecule has 1 aromatic heterocycles. The van der Waals surface area contributed by atoms with Crippen molar-refractivity contribution in [3.05, 3.63) is 84.6 Å². The average molecular weight is 359 g/mol. The topological polar surface area (TPSA) is 12.9 Å². The van der Waals surface area contributed by atoms with Crippen molar-refractivity contribution in [1.29, 1.82) is 0 Å². The lowest BCUT2D eigenvalue weighted by molar-refractivity contribution is 0.335. The summed E-state index contributed by atoms with van der Waals surface area (Å²) in [5.74, 6) is 0. The highest BCUT2D eigenvalue weighted by molar-refractivity contribution is 5.87. The first-order valence-corrected chi connectivity index (χ1v) is 9.56. The number of aromatic nitrogens is 1. The van der Waals surface area contributed by atoms with Gasteiger partial charge >= 0.3 is 0 Å². The molecule has 1 unspecified atom stereocenters. The van der Waals surface area contributed by atoms with Gasteiger partial charge in [-0.1, -0.05) is 54.6 Å². The third-order valence-electron chi connectivity index (χ3n) is 4.65. The zero-order valence-corrected chi connectivity index (χ0v) is 15.9. The van der Waals surface area contributed by atoms with Crippen molar-refractivity contribution in [3.63, 3.8) is 0 Å². The second-order valence-corrected chi connectivity index (χ2v) is 6.98. The number of rotatable bonds is 8. The van der Waals surface area contributed by atoms with Gasteiger partial charge in [0, 0.05) is 11.8 Å². The van der Waals surface area contributed by atoms with E-state index in [1.54, 1.807) is 6.92 Å². The van der Waals surface area contributed by atoms with Crippen molar-refractivity contribution in [3.8, 4) is 11.3 Å². The van der Waals surface area contributed by atoms with E-state index in [2.05, 4.69) is 72.2 Å². The van der Waals surface area contributed by atoms with Crippen LogP contribution in [-0.4, -0.2) is 11.2 Å². The predicted octanol–water partition coefficient (Wildman–Crippen LogP) is 7.17. The minimum Gasteiger partial charge on any atom is -0.256 e. The Morgan fingerprint density at radius 1 is 1.07 bits per heavy atom. The van der Waals surface area contributed by atoms with E-state index in [4.69, 9.17) is 0 Å². The summed E-state index contributed by atoms with van der Waals surface area (Å²) < 4.78 is 12.8. The Bertz CT molecular complexity index is 923. The van der Waals surface area contributed by atoms with E-state index < -0.39 is 6.17 Å². The van der Waals surface area contributed by atoms with Crippen molar-refractivity contribution in [2.75, 3.05) is 0 Å². The molecule has 3 aromatic rings. The van der Waals surface area contributed by atoms with Crippen LogP contribution in [0.3, 0.4) is 0 Å². The zero-order valence-electron chi connectivity index (χ0n) is 15.9. The quantitative estimate of drug-likeness (QED) is 0.307. The maximum Gasteiger partial charge on any atom is 0.0973 e. The number of nitrogens with zero attached hydrogens (tertiary/aromatic N) is 1. The fourth-order valence-corrected chi connectivity index (χ4v) is 3.16. The largest absolute Gasteiger partial charge is 0.256 e. The summed E-state index contributed by atoms with van der Waals surface area (Å²) >= 11 is 0. The molecule has 27 heavy (non-hydrogen) atoms. The SMILES string of the molecule is C=CCc1ccc2cc(-c3ccc(C=CCCCC(C)F)cn3)ccc2c1. The Morgan fingerprint density at radius 2 is 1.89 bits per heavy atom. The molecule has 0 spiro atoms. The summed E-state index contributed by atoms with van der Waals surface area (Å²) in [6, 6.07) is 17.1. The molecule has 1 nitrogen and oxygen atoms in total. The monoisotopic (exact) mass is 359 g/mol. The number of unbranched alkanes of at least 4 members (excludes halogenated alkanes) is 1. The van der Waals surface area contributed by atoms with E-state index in [0.29, 0.717) is 6.42 Å². The fraction of sp³-hybridized carbons (Fsp3) is 0.240. The number of pyridine rings is 1. The molecule has 0 fully saturated rings. The van der Waals surface area contributed by atoms with Crippen molar-refractivity contribution >= 4 is 16.8 Å². The number of fused-ring (bicyclic) bond motifs is 1. The van der Waals surface area contributed by atoms with E-state index in [9.17, 15) is 4.39 Å². The normalized spacial score (nSPS) is 12.5. The second-order valence-electron chi connectivity index (χ2n) is 6.98. The molecule has 0 saturated carbocycles. The van der Waals surface area contributed by atoms with Gasteiger partial charge in [0.05, 0.1) is 11.9 Å². The molecule has 0 aliphatic carbocycles. The van der Waals surface area contributed by atoms with Crippen LogP contribution in [0.1, 0.15) is 37.3 Å². The molecule has 0 saturated heterocycles. The lowest BCUT2D eigenvalue weighted by Gasteiger charge is -2.06. The van der Waals surface area contributed by atoms with Crippen LogP contribution in [0.25, 0.3) is 28.1 Å². The average Bonchev–Trinajstić information content (AvgIpc) is 2.68. The lowest BCUT2D eigenvalue weighted by atomic mass is 10.0. The number of benzene rings is 2. The highest BCUT2D eigenvalue weighted by Gasteiger charge is 2.02. The smallest absolute Gasteiger partial charge is 0.0973 e. The first-order valence-electron chi connectivity index (χ1n) is 9.56. The molecule has 0 aliphatic heterocycles. The van der Waals surface area contributed by atoms with Crippen LogP contribution in [-0.2, 0) is 6.42 Å². The Labute approximate surface area is 161 Å². The molecule has 1 heterocycles. The van der Waals surface area contributed by atoms with Gasteiger partial charge in [0.25, 0.3) is 0 Å². The molecule has 0 aliphatic rings.